The van der Waals surface area contributed by atoms with Crippen molar-refractivity contribution in [1.82, 2.24) is 10.2 Å². The van der Waals surface area contributed by atoms with E-state index < -0.39 is 5.54 Å². The van der Waals surface area contributed by atoms with Crippen LogP contribution in [0.1, 0.15) is 39.0 Å². The van der Waals surface area contributed by atoms with Gasteiger partial charge in [-0.2, -0.15) is 0 Å². The molecular formula is C12H19ClN2O2. The predicted octanol–water partition coefficient (Wildman–Crippen LogP) is 2.12. The van der Waals surface area contributed by atoms with Gasteiger partial charge in [0.15, 0.2) is 0 Å². The summed E-state index contributed by atoms with van der Waals surface area (Å²) >= 11 is 5.73. The lowest BCUT2D eigenvalue weighted by Gasteiger charge is -2.30. The van der Waals surface area contributed by atoms with Crippen molar-refractivity contribution in [2.45, 2.75) is 44.6 Å². The van der Waals surface area contributed by atoms with E-state index in [1.54, 1.807) is 0 Å². The number of urea groups is 1. The maximum Gasteiger partial charge on any atom is 0.325 e. The molecule has 1 N–H and O–H groups in total. The van der Waals surface area contributed by atoms with E-state index in [-0.39, 0.29) is 17.9 Å². The summed E-state index contributed by atoms with van der Waals surface area (Å²) in [7, 11) is 0. The predicted molar refractivity (Wildman–Crippen MR) is 65.9 cm³/mol. The molecular weight excluding hydrogens is 240 g/mol. The molecule has 3 amide bonds. The van der Waals surface area contributed by atoms with Crippen molar-refractivity contribution in [1.29, 1.82) is 0 Å². The lowest BCUT2D eigenvalue weighted by Crippen LogP contribution is -2.48. The fourth-order valence-electron chi connectivity index (χ4n) is 2.70. The molecule has 17 heavy (non-hydrogen) atoms. The number of hydrogen-bond acceptors (Lipinski definition) is 2. The highest BCUT2D eigenvalue weighted by Crippen LogP contribution is 2.33. The van der Waals surface area contributed by atoms with Gasteiger partial charge in [-0.15, -0.1) is 11.6 Å². The van der Waals surface area contributed by atoms with Crippen LogP contribution in [-0.2, 0) is 4.79 Å². The van der Waals surface area contributed by atoms with Gasteiger partial charge in [0.05, 0.1) is 0 Å². The van der Waals surface area contributed by atoms with Crippen LogP contribution in [0.15, 0.2) is 0 Å². The van der Waals surface area contributed by atoms with Crippen LogP contribution in [0.5, 0.6) is 0 Å². The minimum atomic E-state index is -0.596. The lowest BCUT2D eigenvalue weighted by atomic mass is 9.81. The molecule has 1 saturated carbocycles. The second-order valence-corrected chi connectivity index (χ2v) is 5.56. The van der Waals surface area contributed by atoms with E-state index in [1.807, 2.05) is 6.92 Å². The molecule has 0 bridgehead atoms. The Balaban J connectivity index is 2.10. The molecule has 1 spiro atoms. The first kappa shape index (κ1) is 12.7. The third kappa shape index (κ3) is 2.28. The van der Waals surface area contributed by atoms with Gasteiger partial charge in [0.2, 0.25) is 0 Å². The van der Waals surface area contributed by atoms with Gasteiger partial charge in [0.1, 0.15) is 5.54 Å². The Morgan fingerprint density at radius 2 is 2.00 bits per heavy atom. The van der Waals surface area contributed by atoms with Crippen LogP contribution < -0.4 is 5.32 Å². The Labute approximate surface area is 107 Å². The van der Waals surface area contributed by atoms with Crippen molar-refractivity contribution < 1.29 is 9.59 Å². The Morgan fingerprint density at radius 1 is 1.35 bits per heavy atom. The number of rotatable bonds is 3. The molecule has 2 aliphatic rings. The molecule has 5 heteroatoms. The second-order valence-electron chi connectivity index (χ2n) is 5.25. The summed E-state index contributed by atoms with van der Waals surface area (Å²) < 4.78 is 0. The quantitative estimate of drug-likeness (QED) is 0.623. The Morgan fingerprint density at radius 3 is 2.59 bits per heavy atom. The summed E-state index contributed by atoms with van der Waals surface area (Å²) in [6, 6.07) is -0.242. The van der Waals surface area contributed by atoms with Gasteiger partial charge in [-0.25, -0.2) is 4.79 Å². The zero-order valence-corrected chi connectivity index (χ0v) is 10.9. The smallest absolute Gasteiger partial charge is 0.323 e. The number of hydrogen-bond donors (Lipinski definition) is 1. The zero-order chi connectivity index (χ0) is 12.5. The van der Waals surface area contributed by atoms with E-state index in [2.05, 4.69) is 5.32 Å². The molecule has 0 aromatic heterocycles. The topological polar surface area (TPSA) is 49.4 Å². The van der Waals surface area contributed by atoms with Gasteiger partial charge >= 0.3 is 6.03 Å². The lowest BCUT2D eigenvalue weighted by molar-refractivity contribution is -0.132. The number of nitrogens with zero attached hydrogens (tertiary/aromatic N) is 1. The van der Waals surface area contributed by atoms with Gasteiger partial charge in [-0.05, 0) is 18.8 Å². The summed E-state index contributed by atoms with van der Waals surface area (Å²) in [4.78, 5) is 25.5. The highest BCUT2D eigenvalue weighted by atomic mass is 35.5. The van der Waals surface area contributed by atoms with E-state index in [4.69, 9.17) is 11.6 Å². The molecule has 96 valence electrons. The monoisotopic (exact) mass is 258 g/mol. The zero-order valence-electron chi connectivity index (χ0n) is 10.2. The van der Waals surface area contributed by atoms with Gasteiger partial charge < -0.3 is 5.32 Å². The summed E-state index contributed by atoms with van der Waals surface area (Å²) in [6.07, 6.45) is 4.76. The molecule has 1 saturated heterocycles. The Hall–Kier alpha value is -0.770. The van der Waals surface area contributed by atoms with E-state index in [0.29, 0.717) is 12.4 Å². The van der Waals surface area contributed by atoms with Gasteiger partial charge in [-0.1, -0.05) is 26.2 Å². The van der Waals surface area contributed by atoms with E-state index in [1.165, 1.54) is 4.90 Å². The largest absolute Gasteiger partial charge is 0.325 e. The molecule has 0 aromatic rings. The molecule has 2 rings (SSSR count). The third-order valence-corrected chi connectivity index (χ3v) is 4.24. The van der Waals surface area contributed by atoms with Crippen molar-refractivity contribution in [3.8, 4) is 0 Å². The minimum absolute atomic E-state index is 0.0424. The van der Waals surface area contributed by atoms with Crippen LogP contribution in [0, 0.1) is 5.92 Å². The van der Waals surface area contributed by atoms with E-state index in [0.717, 1.165) is 32.1 Å². The molecule has 1 heterocycles. The second kappa shape index (κ2) is 4.84. The SMILES string of the molecule is CC(CCl)CN1C(=O)NC2(CCCCC2)C1=O. The van der Waals surface area contributed by atoms with Crippen LogP contribution in [-0.4, -0.2) is 34.8 Å². The highest BCUT2D eigenvalue weighted by Gasteiger charge is 2.51. The number of amides is 3. The molecule has 1 unspecified atom stereocenters. The van der Waals surface area contributed by atoms with E-state index >= 15 is 0 Å². The van der Waals surface area contributed by atoms with Crippen LogP contribution >= 0.6 is 11.6 Å². The van der Waals surface area contributed by atoms with Crippen LogP contribution in [0.25, 0.3) is 0 Å². The average molecular weight is 259 g/mol. The first-order valence-corrected chi connectivity index (χ1v) is 6.82. The number of nitrogens with one attached hydrogen (secondary N) is 1. The molecule has 0 aromatic carbocycles. The van der Waals surface area contributed by atoms with Crippen LogP contribution in [0.4, 0.5) is 4.79 Å². The number of carbonyl (C=O) groups is 2. The molecule has 4 nitrogen and oxygen atoms in total. The van der Waals surface area contributed by atoms with E-state index in [9.17, 15) is 9.59 Å². The summed E-state index contributed by atoms with van der Waals surface area (Å²) in [6.45, 7) is 2.37. The fourth-order valence-corrected chi connectivity index (χ4v) is 2.79. The maximum absolute atomic E-state index is 12.3. The molecule has 1 aliphatic heterocycles. The average Bonchev–Trinajstić information content (AvgIpc) is 2.55. The molecule has 0 radical (unpaired) electrons. The van der Waals surface area contributed by atoms with Crippen molar-refractivity contribution in [2.75, 3.05) is 12.4 Å². The minimum Gasteiger partial charge on any atom is -0.323 e. The fraction of sp³-hybridized carbons (Fsp3) is 0.833. The van der Waals surface area contributed by atoms with Gasteiger partial charge in [-0.3, -0.25) is 9.69 Å². The highest BCUT2D eigenvalue weighted by molar-refractivity contribution is 6.18. The first-order chi connectivity index (χ1) is 8.09. The first-order valence-electron chi connectivity index (χ1n) is 6.29. The van der Waals surface area contributed by atoms with Crippen LogP contribution in [0.2, 0.25) is 0 Å². The number of halogens is 1. The summed E-state index contributed by atoms with van der Waals surface area (Å²) in [5, 5.41) is 2.89. The van der Waals surface area contributed by atoms with Crippen molar-refractivity contribution in [2.24, 2.45) is 5.92 Å². The molecule has 1 atom stereocenters. The maximum atomic E-state index is 12.3. The van der Waals surface area contributed by atoms with Gasteiger partial charge in [0.25, 0.3) is 5.91 Å². The Bertz CT molecular complexity index is 326. The normalized spacial score (nSPS) is 25.2. The number of carbonyl (C=O) groups excluding carboxylic acids is 2. The number of alkyl halides is 1. The summed E-state index contributed by atoms with van der Waals surface area (Å²) in [5.41, 5.74) is -0.596. The molecule has 1 aliphatic carbocycles. The van der Waals surface area contributed by atoms with Crippen molar-refractivity contribution >= 4 is 23.5 Å². The number of imide groups is 1. The van der Waals surface area contributed by atoms with Crippen LogP contribution in [0.3, 0.4) is 0 Å². The Kier molecular flexibility index (Phi) is 3.61. The third-order valence-electron chi connectivity index (χ3n) is 3.71. The van der Waals surface area contributed by atoms with Crippen molar-refractivity contribution in [3.63, 3.8) is 0 Å². The summed E-state index contributed by atoms with van der Waals surface area (Å²) in [5.74, 6) is 0.564. The van der Waals surface area contributed by atoms with Crippen molar-refractivity contribution in [3.05, 3.63) is 0 Å². The van der Waals surface area contributed by atoms with Gasteiger partial charge in [0, 0.05) is 12.4 Å². The standard InChI is InChI=1S/C12H19ClN2O2/c1-9(7-13)8-15-10(16)12(14-11(15)17)5-3-2-4-6-12/h9H,2-8H2,1H3,(H,14,17). The molecule has 2 fully saturated rings.